The first-order valence-corrected chi connectivity index (χ1v) is 8.61. The maximum Gasteiger partial charge on any atom is 0.223 e. The van der Waals surface area contributed by atoms with Crippen LogP contribution in [0.4, 0.5) is 4.39 Å². The van der Waals surface area contributed by atoms with Gasteiger partial charge in [0.2, 0.25) is 5.91 Å². The molecule has 0 bridgehead atoms. The van der Waals surface area contributed by atoms with Gasteiger partial charge in [0.15, 0.2) is 0 Å². The molecule has 3 nitrogen and oxygen atoms in total. The third-order valence-corrected chi connectivity index (χ3v) is 4.98. The first-order chi connectivity index (χ1) is 11.5. The number of carbonyl (C=O) groups is 1. The normalized spacial score (nSPS) is 19.0. The number of nitrogens with zero attached hydrogens (tertiary/aromatic N) is 1. The van der Waals surface area contributed by atoms with Crippen LogP contribution in [-0.2, 0) is 4.79 Å². The minimum absolute atomic E-state index is 0.112. The van der Waals surface area contributed by atoms with Gasteiger partial charge in [-0.2, -0.15) is 0 Å². The zero-order valence-electron chi connectivity index (χ0n) is 14.2. The van der Waals surface area contributed by atoms with Crippen LogP contribution in [0.3, 0.4) is 0 Å². The Labute approximate surface area is 142 Å². The summed E-state index contributed by atoms with van der Waals surface area (Å²) in [7, 11) is 0. The first kappa shape index (κ1) is 16.7. The van der Waals surface area contributed by atoms with E-state index in [-0.39, 0.29) is 17.6 Å². The van der Waals surface area contributed by atoms with Gasteiger partial charge in [0, 0.05) is 25.4 Å². The molecule has 1 aromatic heterocycles. The summed E-state index contributed by atoms with van der Waals surface area (Å²) in [6.45, 7) is 5.72. The van der Waals surface area contributed by atoms with E-state index < -0.39 is 0 Å². The van der Waals surface area contributed by atoms with Gasteiger partial charge in [0.05, 0.1) is 6.26 Å². The number of furan rings is 1. The van der Waals surface area contributed by atoms with Gasteiger partial charge in [-0.1, -0.05) is 26.0 Å². The van der Waals surface area contributed by atoms with Crippen LogP contribution in [0.2, 0.25) is 0 Å². The van der Waals surface area contributed by atoms with Crippen LogP contribution in [0, 0.1) is 11.7 Å². The molecule has 2 aromatic rings. The molecule has 2 heterocycles. The summed E-state index contributed by atoms with van der Waals surface area (Å²) in [6.07, 6.45) is 3.10. The van der Waals surface area contributed by atoms with Crippen LogP contribution >= 0.6 is 0 Å². The standard InChI is InChI=1S/C20H24FNO2/c1-14(2)18(15-5-7-17(21)8-6-15)12-20(23)22-10-9-16(13-22)19-4-3-11-24-19/h3-8,11,14,16,18H,9-10,12-13H2,1-2H3. The van der Waals surface area contributed by atoms with Crippen molar-refractivity contribution in [2.24, 2.45) is 5.92 Å². The highest BCUT2D eigenvalue weighted by Crippen LogP contribution is 2.32. The Hall–Kier alpha value is -2.10. The lowest BCUT2D eigenvalue weighted by molar-refractivity contribution is -0.130. The molecule has 0 aliphatic carbocycles. The van der Waals surface area contributed by atoms with E-state index in [1.807, 2.05) is 17.0 Å². The molecule has 1 saturated heterocycles. The Bertz CT molecular complexity index is 663. The fraction of sp³-hybridized carbons (Fsp3) is 0.450. The molecular weight excluding hydrogens is 305 g/mol. The minimum atomic E-state index is -0.242. The summed E-state index contributed by atoms with van der Waals surface area (Å²) in [6, 6.07) is 10.4. The number of likely N-dealkylation sites (tertiary alicyclic amines) is 1. The summed E-state index contributed by atoms with van der Waals surface area (Å²) >= 11 is 0. The van der Waals surface area contributed by atoms with Crippen molar-refractivity contribution < 1.29 is 13.6 Å². The molecule has 0 saturated carbocycles. The average molecular weight is 329 g/mol. The van der Waals surface area contributed by atoms with Crippen molar-refractivity contribution in [2.75, 3.05) is 13.1 Å². The highest BCUT2D eigenvalue weighted by molar-refractivity contribution is 5.77. The van der Waals surface area contributed by atoms with Gasteiger partial charge < -0.3 is 9.32 Å². The van der Waals surface area contributed by atoms with Gasteiger partial charge in [0.1, 0.15) is 11.6 Å². The van der Waals surface area contributed by atoms with Crippen LogP contribution in [0.25, 0.3) is 0 Å². The predicted octanol–water partition coefficient (Wildman–Crippen LogP) is 4.56. The second kappa shape index (κ2) is 7.20. The first-order valence-electron chi connectivity index (χ1n) is 8.61. The van der Waals surface area contributed by atoms with Crippen LogP contribution < -0.4 is 0 Å². The van der Waals surface area contributed by atoms with E-state index in [0.717, 1.165) is 30.8 Å². The third-order valence-electron chi connectivity index (χ3n) is 4.98. The van der Waals surface area contributed by atoms with Crippen LogP contribution in [0.1, 0.15) is 49.8 Å². The van der Waals surface area contributed by atoms with Gasteiger partial charge in [-0.3, -0.25) is 4.79 Å². The average Bonchev–Trinajstić information content (AvgIpc) is 3.24. The van der Waals surface area contributed by atoms with E-state index in [4.69, 9.17) is 4.42 Å². The van der Waals surface area contributed by atoms with E-state index in [1.54, 1.807) is 18.4 Å². The van der Waals surface area contributed by atoms with Crippen molar-refractivity contribution in [3.63, 3.8) is 0 Å². The van der Waals surface area contributed by atoms with Crippen molar-refractivity contribution in [3.05, 3.63) is 59.8 Å². The Morgan fingerprint density at radius 1 is 1.29 bits per heavy atom. The van der Waals surface area contributed by atoms with Crippen molar-refractivity contribution in [2.45, 2.75) is 38.5 Å². The van der Waals surface area contributed by atoms with Crippen LogP contribution in [-0.4, -0.2) is 23.9 Å². The summed E-state index contributed by atoms with van der Waals surface area (Å²) < 4.78 is 18.6. The topological polar surface area (TPSA) is 33.5 Å². The van der Waals surface area contributed by atoms with Gasteiger partial charge in [0.25, 0.3) is 0 Å². The van der Waals surface area contributed by atoms with Gasteiger partial charge >= 0.3 is 0 Å². The van der Waals surface area contributed by atoms with Gasteiger partial charge in [-0.25, -0.2) is 4.39 Å². The quantitative estimate of drug-likeness (QED) is 0.805. The molecule has 1 amide bonds. The van der Waals surface area contributed by atoms with Gasteiger partial charge in [-0.15, -0.1) is 0 Å². The van der Waals surface area contributed by atoms with Crippen LogP contribution in [0.5, 0.6) is 0 Å². The summed E-state index contributed by atoms with van der Waals surface area (Å²) in [5.74, 6) is 1.63. The maximum atomic E-state index is 13.2. The number of hydrogen-bond donors (Lipinski definition) is 0. The van der Waals surface area contributed by atoms with Crippen molar-refractivity contribution in [1.29, 1.82) is 0 Å². The highest BCUT2D eigenvalue weighted by atomic mass is 19.1. The third kappa shape index (κ3) is 3.69. The summed E-state index contributed by atoms with van der Waals surface area (Å²) in [5, 5.41) is 0. The number of halogens is 1. The van der Waals surface area contributed by atoms with Gasteiger partial charge in [-0.05, 0) is 48.1 Å². The molecule has 24 heavy (non-hydrogen) atoms. The maximum absolute atomic E-state index is 13.2. The molecule has 0 spiro atoms. The largest absolute Gasteiger partial charge is 0.469 e. The Morgan fingerprint density at radius 2 is 2.04 bits per heavy atom. The van der Waals surface area contributed by atoms with E-state index in [2.05, 4.69) is 13.8 Å². The Kier molecular flexibility index (Phi) is 5.03. The van der Waals surface area contributed by atoms with Crippen molar-refractivity contribution in [1.82, 2.24) is 4.90 Å². The van der Waals surface area contributed by atoms with Crippen molar-refractivity contribution in [3.8, 4) is 0 Å². The number of carbonyl (C=O) groups excluding carboxylic acids is 1. The van der Waals surface area contributed by atoms with E-state index >= 15 is 0 Å². The molecule has 1 aliphatic heterocycles. The smallest absolute Gasteiger partial charge is 0.223 e. The molecule has 0 N–H and O–H groups in total. The van der Waals surface area contributed by atoms with E-state index in [9.17, 15) is 9.18 Å². The zero-order valence-corrected chi connectivity index (χ0v) is 14.2. The molecule has 2 atom stereocenters. The molecule has 1 aliphatic rings. The Balaban J connectivity index is 1.65. The molecule has 2 unspecified atom stereocenters. The number of amides is 1. The second-order valence-corrected chi connectivity index (χ2v) is 6.95. The number of rotatable bonds is 5. The van der Waals surface area contributed by atoms with E-state index in [0.29, 0.717) is 18.3 Å². The van der Waals surface area contributed by atoms with Crippen molar-refractivity contribution >= 4 is 5.91 Å². The number of benzene rings is 1. The second-order valence-electron chi connectivity index (χ2n) is 6.95. The Morgan fingerprint density at radius 3 is 2.67 bits per heavy atom. The molecule has 4 heteroatoms. The molecule has 0 radical (unpaired) electrons. The fourth-order valence-corrected chi connectivity index (χ4v) is 3.51. The monoisotopic (exact) mass is 329 g/mol. The highest BCUT2D eigenvalue weighted by Gasteiger charge is 2.30. The van der Waals surface area contributed by atoms with E-state index in [1.165, 1.54) is 12.1 Å². The molecular formula is C20H24FNO2. The summed E-state index contributed by atoms with van der Waals surface area (Å²) in [4.78, 5) is 14.7. The molecule has 128 valence electrons. The molecule has 1 fully saturated rings. The lowest BCUT2D eigenvalue weighted by Gasteiger charge is -2.24. The van der Waals surface area contributed by atoms with Crippen LogP contribution in [0.15, 0.2) is 47.1 Å². The lowest BCUT2D eigenvalue weighted by atomic mass is 9.85. The SMILES string of the molecule is CC(C)C(CC(=O)N1CCC(c2ccco2)C1)c1ccc(F)cc1. The minimum Gasteiger partial charge on any atom is -0.469 e. The zero-order chi connectivity index (χ0) is 17.1. The predicted molar refractivity (Wildman–Crippen MR) is 91.2 cm³/mol. The fourth-order valence-electron chi connectivity index (χ4n) is 3.51. The summed E-state index contributed by atoms with van der Waals surface area (Å²) in [5.41, 5.74) is 1.03. The molecule has 1 aromatic carbocycles. The lowest BCUT2D eigenvalue weighted by Crippen LogP contribution is -2.30. The molecule has 3 rings (SSSR count). The number of hydrogen-bond acceptors (Lipinski definition) is 2.